The van der Waals surface area contributed by atoms with Gasteiger partial charge in [0.2, 0.25) is 0 Å². The van der Waals surface area contributed by atoms with Crippen LogP contribution in [0, 0.1) is 0 Å². The van der Waals surface area contributed by atoms with Gasteiger partial charge in [-0.25, -0.2) is 0 Å². The van der Waals surface area contributed by atoms with Gasteiger partial charge in [0.15, 0.2) is 0 Å². The molecule has 0 atom stereocenters. The van der Waals surface area contributed by atoms with Crippen LogP contribution in [-0.2, 0) is 31.8 Å². The molecule has 0 amide bonds. The van der Waals surface area contributed by atoms with E-state index in [0.717, 1.165) is 63.6 Å². The smallest absolute Gasteiger partial charge is 0.119 e. The standard InChI is InChI=1S/C32H50N2O6/c1-3-29-5-9-31(10-6-29)39-23-17-33-13-19-35-25-27-37-21-15-34(16-22-38-28-26-36-20-14-33)18-24-40-32-11-7-30(4-2)8-12-32/h5-12H,3-4,13-28H2,1-2H3. The van der Waals surface area contributed by atoms with E-state index >= 15 is 0 Å². The van der Waals surface area contributed by atoms with Gasteiger partial charge in [-0.3, -0.25) is 9.80 Å². The second-order valence-electron chi connectivity index (χ2n) is 9.82. The maximum atomic E-state index is 5.96. The largest absolute Gasteiger partial charge is 0.492 e. The third-order valence-corrected chi connectivity index (χ3v) is 6.97. The molecular weight excluding hydrogens is 508 g/mol. The molecule has 0 saturated carbocycles. The summed E-state index contributed by atoms with van der Waals surface area (Å²) in [5.41, 5.74) is 2.64. The Balaban J connectivity index is 1.34. The van der Waals surface area contributed by atoms with Gasteiger partial charge in [-0.1, -0.05) is 38.1 Å². The van der Waals surface area contributed by atoms with Gasteiger partial charge < -0.3 is 28.4 Å². The van der Waals surface area contributed by atoms with Crippen molar-refractivity contribution in [2.24, 2.45) is 0 Å². The molecule has 2 aromatic carbocycles. The van der Waals surface area contributed by atoms with Crippen molar-refractivity contribution >= 4 is 0 Å². The van der Waals surface area contributed by atoms with E-state index in [-0.39, 0.29) is 0 Å². The van der Waals surface area contributed by atoms with Crippen molar-refractivity contribution in [3.63, 3.8) is 0 Å². The number of aryl methyl sites for hydroxylation is 2. The minimum Gasteiger partial charge on any atom is -0.492 e. The molecule has 0 unspecified atom stereocenters. The highest BCUT2D eigenvalue weighted by molar-refractivity contribution is 5.27. The average Bonchev–Trinajstić information content (AvgIpc) is 2.99. The van der Waals surface area contributed by atoms with Crippen LogP contribution in [0.4, 0.5) is 0 Å². The molecule has 40 heavy (non-hydrogen) atoms. The molecule has 3 rings (SSSR count). The second kappa shape index (κ2) is 20.6. The summed E-state index contributed by atoms with van der Waals surface area (Å²) in [4.78, 5) is 4.65. The Morgan fingerprint density at radius 1 is 0.500 bits per heavy atom. The topological polar surface area (TPSA) is 61.9 Å². The first-order chi connectivity index (χ1) is 19.8. The van der Waals surface area contributed by atoms with Gasteiger partial charge in [-0.2, -0.15) is 0 Å². The van der Waals surface area contributed by atoms with Gasteiger partial charge in [0.1, 0.15) is 24.7 Å². The lowest BCUT2D eigenvalue weighted by molar-refractivity contribution is 0.00572. The Hall–Kier alpha value is -2.20. The number of hydrogen-bond acceptors (Lipinski definition) is 8. The molecule has 0 aliphatic carbocycles. The van der Waals surface area contributed by atoms with Crippen LogP contribution >= 0.6 is 0 Å². The molecule has 1 heterocycles. The van der Waals surface area contributed by atoms with E-state index in [1.165, 1.54) is 11.1 Å². The van der Waals surface area contributed by atoms with Crippen LogP contribution in [-0.4, -0.2) is 115 Å². The van der Waals surface area contributed by atoms with Gasteiger partial charge in [0.05, 0.1) is 52.9 Å². The van der Waals surface area contributed by atoms with Crippen LogP contribution in [0.3, 0.4) is 0 Å². The van der Waals surface area contributed by atoms with E-state index in [1.807, 2.05) is 24.3 Å². The maximum absolute atomic E-state index is 5.96. The van der Waals surface area contributed by atoms with E-state index in [9.17, 15) is 0 Å². The minimum absolute atomic E-state index is 0.588. The lowest BCUT2D eigenvalue weighted by Crippen LogP contribution is -2.36. The molecule has 8 heteroatoms. The molecule has 1 saturated heterocycles. The summed E-state index contributed by atoms with van der Waals surface area (Å²) in [7, 11) is 0. The van der Waals surface area contributed by atoms with Crippen molar-refractivity contribution in [3.8, 4) is 11.5 Å². The van der Waals surface area contributed by atoms with Crippen molar-refractivity contribution in [2.75, 3.05) is 105 Å². The molecule has 1 aliphatic rings. The first-order valence-electron chi connectivity index (χ1n) is 15.0. The Morgan fingerprint density at radius 3 is 1.12 bits per heavy atom. The molecule has 0 radical (unpaired) electrons. The Bertz CT molecular complexity index is 786. The predicted molar refractivity (Wildman–Crippen MR) is 159 cm³/mol. The summed E-state index contributed by atoms with van der Waals surface area (Å²) in [5.74, 6) is 1.82. The molecule has 2 aromatic rings. The van der Waals surface area contributed by atoms with Crippen molar-refractivity contribution < 1.29 is 28.4 Å². The van der Waals surface area contributed by atoms with Crippen LogP contribution in [0.2, 0.25) is 0 Å². The number of benzene rings is 2. The van der Waals surface area contributed by atoms with Crippen molar-refractivity contribution in [1.29, 1.82) is 0 Å². The van der Waals surface area contributed by atoms with Crippen molar-refractivity contribution in [2.45, 2.75) is 26.7 Å². The van der Waals surface area contributed by atoms with Gasteiger partial charge >= 0.3 is 0 Å². The summed E-state index contributed by atoms with van der Waals surface area (Å²) in [5, 5.41) is 0. The van der Waals surface area contributed by atoms with Gasteiger partial charge in [-0.15, -0.1) is 0 Å². The maximum Gasteiger partial charge on any atom is 0.119 e. The summed E-state index contributed by atoms with van der Waals surface area (Å²) >= 11 is 0. The summed E-state index contributed by atoms with van der Waals surface area (Å²) in [6.45, 7) is 15.5. The Labute approximate surface area is 241 Å². The quantitative estimate of drug-likeness (QED) is 0.435. The fourth-order valence-corrected chi connectivity index (χ4v) is 4.32. The molecule has 0 spiro atoms. The van der Waals surface area contributed by atoms with E-state index in [2.05, 4.69) is 47.9 Å². The van der Waals surface area contributed by atoms with E-state index < -0.39 is 0 Å². The number of nitrogens with zero attached hydrogens (tertiary/aromatic N) is 2. The Morgan fingerprint density at radius 2 is 0.825 bits per heavy atom. The van der Waals surface area contributed by atoms with Gasteiger partial charge in [-0.05, 0) is 48.2 Å². The number of ether oxygens (including phenoxy) is 6. The monoisotopic (exact) mass is 558 g/mol. The highest BCUT2D eigenvalue weighted by Gasteiger charge is 2.09. The van der Waals surface area contributed by atoms with Crippen molar-refractivity contribution in [3.05, 3.63) is 59.7 Å². The normalized spacial score (nSPS) is 18.1. The molecule has 8 nitrogen and oxygen atoms in total. The Kier molecular flexibility index (Phi) is 16.7. The van der Waals surface area contributed by atoms with E-state index in [0.29, 0.717) is 66.1 Å². The third-order valence-electron chi connectivity index (χ3n) is 6.97. The lowest BCUT2D eigenvalue weighted by Gasteiger charge is -2.23. The first-order valence-corrected chi connectivity index (χ1v) is 15.0. The fourth-order valence-electron chi connectivity index (χ4n) is 4.32. The SMILES string of the molecule is CCc1ccc(OCCN2CCOCCOCCN(CCOc3ccc(CC)cc3)CCOCCOCC2)cc1. The second-order valence-corrected chi connectivity index (χ2v) is 9.82. The summed E-state index contributed by atoms with van der Waals surface area (Å²) in [6, 6.07) is 16.7. The first kappa shape index (κ1) is 32.3. The minimum atomic E-state index is 0.588. The van der Waals surface area contributed by atoms with Gasteiger partial charge in [0.25, 0.3) is 0 Å². The van der Waals surface area contributed by atoms with Crippen LogP contribution in [0.5, 0.6) is 11.5 Å². The van der Waals surface area contributed by atoms with Crippen LogP contribution in [0.25, 0.3) is 0 Å². The zero-order chi connectivity index (χ0) is 28.1. The highest BCUT2D eigenvalue weighted by Crippen LogP contribution is 2.13. The molecule has 0 aromatic heterocycles. The van der Waals surface area contributed by atoms with Gasteiger partial charge in [0, 0.05) is 39.3 Å². The molecule has 1 aliphatic heterocycles. The van der Waals surface area contributed by atoms with Crippen LogP contribution in [0.15, 0.2) is 48.5 Å². The number of hydrogen-bond donors (Lipinski definition) is 0. The summed E-state index contributed by atoms with van der Waals surface area (Å²) in [6.07, 6.45) is 2.07. The third kappa shape index (κ3) is 13.9. The molecular formula is C32H50N2O6. The molecule has 224 valence electrons. The summed E-state index contributed by atoms with van der Waals surface area (Å²) < 4.78 is 35.3. The van der Waals surface area contributed by atoms with Crippen LogP contribution < -0.4 is 9.47 Å². The molecule has 1 fully saturated rings. The van der Waals surface area contributed by atoms with Crippen molar-refractivity contribution in [1.82, 2.24) is 9.80 Å². The zero-order valence-corrected chi connectivity index (χ0v) is 24.7. The predicted octanol–water partition coefficient (Wildman–Crippen LogP) is 3.95. The lowest BCUT2D eigenvalue weighted by atomic mass is 10.2. The average molecular weight is 559 g/mol. The highest BCUT2D eigenvalue weighted by atomic mass is 16.5. The molecule has 0 bridgehead atoms. The van der Waals surface area contributed by atoms with Crippen LogP contribution in [0.1, 0.15) is 25.0 Å². The molecule has 0 N–H and O–H groups in total. The number of rotatable bonds is 10. The van der Waals surface area contributed by atoms with E-state index in [1.54, 1.807) is 0 Å². The van der Waals surface area contributed by atoms with E-state index in [4.69, 9.17) is 28.4 Å². The zero-order valence-electron chi connectivity index (χ0n) is 24.7. The fraction of sp³-hybridized carbons (Fsp3) is 0.625.